The minimum Gasteiger partial charge on any atom is -0.359 e. The van der Waals surface area contributed by atoms with Crippen LogP contribution in [-0.2, 0) is 9.47 Å². The second kappa shape index (κ2) is 5.98. The lowest BCUT2D eigenvalue weighted by Crippen LogP contribution is -2.16. The third-order valence-corrected chi connectivity index (χ3v) is 2.06. The average molecular weight is 216 g/mol. The van der Waals surface area contributed by atoms with Crippen molar-refractivity contribution in [3.63, 3.8) is 0 Å². The molecule has 1 aromatic rings. The van der Waals surface area contributed by atoms with Crippen molar-refractivity contribution in [1.29, 1.82) is 0 Å². The van der Waals surface area contributed by atoms with Crippen molar-refractivity contribution >= 4 is 11.6 Å². The SMILES string of the molecule is COCO[C@H](CN)c1cccc(Cl)c1. The molecular weight excluding hydrogens is 202 g/mol. The Balaban J connectivity index is 2.68. The van der Waals surface area contributed by atoms with Crippen molar-refractivity contribution in [2.75, 3.05) is 20.4 Å². The molecule has 0 aliphatic rings. The Kier molecular flexibility index (Phi) is 4.90. The summed E-state index contributed by atoms with van der Waals surface area (Å²) in [6.07, 6.45) is -0.159. The number of hydrogen-bond donors (Lipinski definition) is 1. The van der Waals surface area contributed by atoms with Gasteiger partial charge < -0.3 is 15.2 Å². The summed E-state index contributed by atoms with van der Waals surface area (Å²) >= 11 is 5.85. The molecule has 0 radical (unpaired) electrons. The molecule has 14 heavy (non-hydrogen) atoms. The van der Waals surface area contributed by atoms with Crippen LogP contribution in [0.25, 0.3) is 0 Å². The van der Waals surface area contributed by atoms with Gasteiger partial charge in [0.25, 0.3) is 0 Å². The van der Waals surface area contributed by atoms with Gasteiger partial charge in [-0.1, -0.05) is 23.7 Å². The molecule has 0 heterocycles. The molecule has 0 bridgehead atoms. The maximum Gasteiger partial charge on any atom is 0.147 e. The molecule has 3 nitrogen and oxygen atoms in total. The molecule has 0 unspecified atom stereocenters. The van der Waals surface area contributed by atoms with Crippen LogP contribution >= 0.6 is 11.6 Å². The second-order valence-corrected chi connectivity index (χ2v) is 3.29. The molecule has 0 aliphatic heterocycles. The maximum absolute atomic E-state index is 5.85. The minimum atomic E-state index is -0.159. The van der Waals surface area contributed by atoms with Gasteiger partial charge in [0.05, 0.1) is 6.10 Å². The Bertz CT molecular complexity index is 281. The van der Waals surface area contributed by atoms with Crippen molar-refractivity contribution in [2.24, 2.45) is 5.73 Å². The van der Waals surface area contributed by atoms with Crippen LogP contribution in [0.2, 0.25) is 5.02 Å². The zero-order valence-corrected chi connectivity index (χ0v) is 8.83. The van der Waals surface area contributed by atoms with Gasteiger partial charge in [0.1, 0.15) is 6.79 Å². The Hall–Kier alpha value is -0.610. The summed E-state index contributed by atoms with van der Waals surface area (Å²) in [5, 5.41) is 0.682. The number of ether oxygens (including phenoxy) is 2. The highest BCUT2D eigenvalue weighted by atomic mass is 35.5. The summed E-state index contributed by atoms with van der Waals surface area (Å²) in [5.74, 6) is 0. The van der Waals surface area contributed by atoms with Crippen LogP contribution in [0.5, 0.6) is 0 Å². The fourth-order valence-electron chi connectivity index (χ4n) is 1.16. The van der Waals surface area contributed by atoms with E-state index in [0.29, 0.717) is 11.6 Å². The van der Waals surface area contributed by atoms with Crippen molar-refractivity contribution < 1.29 is 9.47 Å². The molecule has 0 spiro atoms. The maximum atomic E-state index is 5.85. The molecule has 1 aromatic carbocycles. The lowest BCUT2D eigenvalue weighted by molar-refractivity contribution is -0.0698. The smallest absolute Gasteiger partial charge is 0.147 e. The second-order valence-electron chi connectivity index (χ2n) is 2.85. The van der Waals surface area contributed by atoms with Crippen LogP contribution in [0.4, 0.5) is 0 Å². The number of nitrogens with two attached hydrogens (primary N) is 1. The topological polar surface area (TPSA) is 44.5 Å². The molecule has 78 valence electrons. The van der Waals surface area contributed by atoms with Crippen LogP contribution in [0.3, 0.4) is 0 Å². The van der Waals surface area contributed by atoms with E-state index >= 15 is 0 Å². The monoisotopic (exact) mass is 215 g/mol. The van der Waals surface area contributed by atoms with E-state index in [-0.39, 0.29) is 12.9 Å². The predicted molar refractivity (Wildman–Crippen MR) is 56.2 cm³/mol. The van der Waals surface area contributed by atoms with Crippen LogP contribution in [0, 0.1) is 0 Å². The van der Waals surface area contributed by atoms with E-state index in [4.69, 9.17) is 26.8 Å². The van der Waals surface area contributed by atoms with E-state index in [9.17, 15) is 0 Å². The Morgan fingerprint density at radius 3 is 2.86 bits per heavy atom. The Morgan fingerprint density at radius 2 is 2.29 bits per heavy atom. The Morgan fingerprint density at radius 1 is 1.50 bits per heavy atom. The first-order valence-corrected chi connectivity index (χ1v) is 4.71. The van der Waals surface area contributed by atoms with Gasteiger partial charge in [-0.25, -0.2) is 0 Å². The van der Waals surface area contributed by atoms with Crippen LogP contribution < -0.4 is 5.73 Å². The number of rotatable bonds is 5. The van der Waals surface area contributed by atoms with E-state index < -0.39 is 0 Å². The fourth-order valence-corrected chi connectivity index (χ4v) is 1.36. The number of methoxy groups -OCH3 is 1. The normalized spacial score (nSPS) is 12.8. The predicted octanol–water partition coefficient (Wildman–Crippen LogP) is 1.96. The van der Waals surface area contributed by atoms with Gasteiger partial charge in [-0.05, 0) is 17.7 Å². The van der Waals surface area contributed by atoms with E-state index in [1.807, 2.05) is 24.3 Å². The molecule has 1 rings (SSSR count). The summed E-state index contributed by atoms with van der Waals surface area (Å²) in [6, 6.07) is 7.46. The standard InChI is InChI=1S/C10H14ClNO2/c1-13-7-14-10(6-12)8-3-2-4-9(11)5-8/h2-5,10H,6-7,12H2,1H3/t10-/m1/s1. The molecule has 1 atom stereocenters. The molecule has 0 fully saturated rings. The van der Waals surface area contributed by atoms with Crippen LogP contribution in [0.1, 0.15) is 11.7 Å². The highest BCUT2D eigenvalue weighted by Gasteiger charge is 2.09. The minimum absolute atomic E-state index is 0.159. The zero-order valence-electron chi connectivity index (χ0n) is 8.07. The first kappa shape index (κ1) is 11.5. The largest absolute Gasteiger partial charge is 0.359 e. The molecule has 4 heteroatoms. The lowest BCUT2D eigenvalue weighted by atomic mass is 10.1. The van der Waals surface area contributed by atoms with Gasteiger partial charge in [-0.2, -0.15) is 0 Å². The summed E-state index contributed by atoms with van der Waals surface area (Å²) in [4.78, 5) is 0. The number of halogens is 1. The molecule has 0 amide bonds. The van der Waals surface area contributed by atoms with E-state index in [0.717, 1.165) is 5.56 Å². The van der Waals surface area contributed by atoms with Crippen molar-refractivity contribution in [2.45, 2.75) is 6.10 Å². The lowest BCUT2D eigenvalue weighted by Gasteiger charge is -2.15. The first-order valence-electron chi connectivity index (χ1n) is 4.34. The molecule has 2 N–H and O–H groups in total. The van der Waals surface area contributed by atoms with E-state index in [1.165, 1.54) is 0 Å². The third kappa shape index (κ3) is 3.27. The summed E-state index contributed by atoms with van der Waals surface area (Å²) in [5.41, 5.74) is 6.54. The van der Waals surface area contributed by atoms with Gasteiger partial charge in [-0.15, -0.1) is 0 Å². The van der Waals surface area contributed by atoms with E-state index in [1.54, 1.807) is 7.11 Å². The Labute approximate surface area is 88.8 Å². The molecule has 0 saturated heterocycles. The highest BCUT2D eigenvalue weighted by molar-refractivity contribution is 6.30. The number of hydrogen-bond acceptors (Lipinski definition) is 3. The van der Waals surface area contributed by atoms with Gasteiger partial charge in [0.15, 0.2) is 0 Å². The zero-order chi connectivity index (χ0) is 10.4. The first-order chi connectivity index (χ1) is 6.77. The van der Waals surface area contributed by atoms with E-state index in [2.05, 4.69) is 0 Å². The van der Waals surface area contributed by atoms with Crippen LogP contribution in [0.15, 0.2) is 24.3 Å². The van der Waals surface area contributed by atoms with Gasteiger partial charge in [-0.3, -0.25) is 0 Å². The fraction of sp³-hybridized carbons (Fsp3) is 0.400. The van der Waals surface area contributed by atoms with Crippen molar-refractivity contribution in [1.82, 2.24) is 0 Å². The molecule has 0 saturated carbocycles. The van der Waals surface area contributed by atoms with Gasteiger partial charge >= 0.3 is 0 Å². The molecular formula is C10H14ClNO2. The summed E-state index contributed by atoms with van der Waals surface area (Å²) in [7, 11) is 1.57. The van der Waals surface area contributed by atoms with Crippen molar-refractivity contribution in [3.8, 4) is 0 Å². The summed E-state index contributed by atoms with van der Waals surface area (Å²) in [6.45, 7) is 0.637. The molecule has 0 aromatic heterocycles. The van der Waals surface area contributed by atoms with Gasteiger partial charge in [0.2, 0.25) is 0 Å². The highest BCUT2D eigenvalue weighted by Crippen LogP contribution is 2.19. The van der Waals surface area contributed by atoms with Crippen molar-refractivity contribution in [3.05, 3.63) is 34.9 Å². The van der Waals surface area contributed by atoms with Crippen LogP contribution in [-0.4, -0.2) is 20.4 Å². The quantitative estimate of drug-likeness (QED) is 0.764. The number of benzene rings is 1. The summed E-state index contributed by atoms with van der Waals surface area (Å²) < 4.78 is 10.2. The molecule has 0 aliphatic carbocycles. The van der Waals surface area contributed by atoms with Gasteiger partial charge in [0, 0.05) is 18.7 Å². The average Bonchev–Trinajstić information content (AvgIpc) is 2.19. The third-order valence-electron chi connectivity index (χ3n) is 1.82.